The van der Waals surface area contributed by atoms with Crippen LogP contribution in [-0.4, -0.2) is 36.7 Å². The molecule has 0 amide bonds. The average Bonchev–Trinajstić information content (AvgIpc) is 3.15. The first-order valence-corrected chi connectivity index (χ1v) is 15.5. The van der Waals surface area contributed by atoms with Crippen LogP contribution < -0.4 is 5.73 Å². The third kappa shape index (κ3) is 7.21. The standard InChI is InChI=1S/C41H33N3O2.CH5N/c1-28(26-45)20-34(23-42)40-36-10-6-7-11-37(36)41(35-21-29(24-44-25-35)27-46-19-18-43-2)38-17-16-33(22-39(38)40)32-14-12-31(13-15-32)30-8-4-3-5-9-30;1-2/h3-25,42,45H,1-2,26-27H2;2H2,1H3/b19-18-,34-20+,42-23?;. The van der Waals surface area contributed by atoms with Gasteiger partial charge in [0.05, 0.1) is 12.8 Å². The highest BCUT2D eigenvalue weighted by molar-refractivity contribution is 6.25. The fraction of sp³-hybridized carbons (Fsp3) is 0.0714. The lowest BCUT2D eigenvalue weighted by atomic mass is 9.84. The van der Waals surface area contributed by atoms with Crippen molar-refractivity contribution in [2.45, 2.75) is 6.61 Å². The minimum Gasteiger partial charge on any atom is -0.495 e. The zero-order valence-corrected chi connectivity index (χ0v) is 26.9. The molecule has 0 spiro atoms. The maximum absolute atomic E-state index is 9.81. The molecule has 0 aliphatic rings. The van der Waals surface area contributed by atoms with Gasteiger partial charge in [0.2, 0.25) is 0 Å². The van der Waals surface area contributed by atoms with Crippen molar-refractivity contribution in [3.05, 3.63) is 157 Å². The molecular weight excluding hydrogens is 592 g/mol. The second-order valence-corrected chi connectivity index (χ2v) is 10.9. The molecule has 0 saturated heterocycles. The summed E-state index contributed by atoms with van der Waals surface area (Å²) in [6.45, 7) is 7.58. The predicted molar refractivity (Wildman–Crippen MR) is 202 cm³/mol. The molecule has 4 N–H and O–H groups in total. The Balaban J connectivity index is 0.00000221. The molecule has 0 radical (unpaired) electrons. The van der Waals surface area contributed by atoms with Crippen molar-refractivity contribution in [3.63, 3.8) is 0 Å². The SMILES string of the molecule is C=N/C=C\OCc1cncc(-c2c3ccccc3c(/C(C=N)=C/C(=C)CO)c3cc(-c4ccc(-c5ccccc5)cc4)ccc23)c1.CN. The summed E-state index contributed by atoms with van der Waals surface area (Å²) in [7, 11) is 1.50. The molecule has 0 saturated carbocycles. The van der Waals surface area contributed by atoms with Gasteiger partial charge in [0, 0.05) is 35.3 Å². The largest absolute Gasteiger partial charge is 0.495 e. The van der Waals surface area contributed by atoms with Gasteiger partial charge >= 0.3 is 0 Å². The molecule has 6 nitrogen and oxygen atoms in total. The number of aromatic nitrogens is 1. The number of nitrogens with zero attached hydrogens (tertiary/aromatic N) is 2. The highest BCUT2D eigenvalue weighted by Crippen LogP contribution is 2.43. The number of allylic oxidation sites excluding steroid dienone is 1. The molecule has 0 bridgehead atoms. The van der Waals surface area contributed by atoms with Crippen molar-refractivity contribution in [2.75, 3.05) is 13.7 Å². The lowest BCUT2D eigenvalue weighted by Crippen LogP contribution is -1.97. The zero-order valence-electron chi connectivity index (χ0n) is 26.9. The summed E-state index contributed by atoms with van der Waals surface area (Å²) in [5.41, 5.74) is 14.0. The Kier molecular flexibility index (Phi) is 11.2. The number of aliphatic hydroxyl groups excluding tert-OH is 1. The number of rotatable bonds is 11. The maximum Gasteiger partial charge on any atom is 0.114 e. The molecule has 5 aromatic carbocycles. The quantitative estimate of drug-likeness (QED) is 0.0574. The van der Waals surface area contributed by atoms with Gasteiger partial charge in [0.25, 0.3) is 0 Å². The van der Waals surface area contributed by atoms with E-state index in [-0.39, 0.29) is 6.61 Å². The first-order valence-electron chi connectivity index (χ1n) is 15.5. The number of pyridine rings is 1. The number of aliphatic imine (C=N–C) groups is 1. The van der Waals surface area contributed by atoms with E-state index < -0.39 is 0 Å². The second-order valence-electron chi connectivity index (χ2n) is 10.9. The number of nitrogens with two attached hydrogens (primary N) is 1. The van der Waals surface area contributed by atoms with E-state index >= 15 is 0 Å². The lowest BCUT2D eigenvalue weighted by molar-refractivity contribution is 0.235. The van der Waals surface area contributed by atoms with Crippen LogP contribution in [0.15, 0.2) is 151 Å². The maximum atomic E-state index is 9.81. The van der Waals surface area contributed by atoms with Gasteiger partial charge in [-0.25, -0.2) is 0 Å². The van der Waals surface area contributed by atoms with Crippen LogP contribution in [0.4, 0.5) is 0 Å². The van der Waals surface area contributed by atoms with E-state index in [1.807, 2.05) is 36.5 Å². The molecule has 6 aromatic rings. The second kappa shape index (κ2) is 16.1. The van der Waals surface area contributed by atoms with E-state index in [0.717, 1.165) is 60.5 Å². The van der Waals surface area contributed by atoms with E-state index in [1.54, 1.807) is 12.3 Å². The highest BCUT2D eigenvalue weighted by atomic mass is 16.5. The van der Waals surface area contributed by atoms with E-state index in [1.165, 1.54) is 31.3 Å². The van der Waals surface area contributed by atoms with Crippen LogP contribution in [0.2, 0.25) is 0 Å². The zero-order chi connectivity index (χ0) is 33.9. The summed E-state index contributed by atoms with van der Waals surface area (Å²) in [6.07, 6.45) is 9.82. The van der Waals surface area contributed by atoms with Gasteiger partial charge in [-0.2, -0.15) is 0 Å². The predicted octanol–water partition coefficient (Wildman–Crippen LogP) is 9.23. The Bertz CT molecular complexity index is 2130. The van der Waals surface area contributed by atoms with Crippen LogP contribution in [0.1, 0.15) is 11.1 Å². The molecule has 0 aliphatic carbocycles. The van der Waals surface area contributed by atoms with Crippen molar-refractivity contribution in [2.24, 2.45) is 10.7 Å². The Morgan fingerprint density at radius 1 is 0.792 bits per heavy atom. The number of hydrogen-bond donors (Lipinski definition) is 3. The van der Waals surface area contributed by atoms with Gasteiger partial charge in [-0.15, -0.1) is 0 Å². The molecule has 1 aromatic heterocycles. The van der Waals surface area contributed by atoms with Crippen LogP contribution in [0.25, 0.3) is 60.5 Å². The first-order chi connectivity index (χ1) is 23.6. The Morgan fingerprint density at radius 2 is 1.42 bits per heavy atom. The fourth-order valence-corrected chi connectivity index (χ4v) is 5.85. The summed E-state index contributed by atoms with van der Waals surface area (Å²) >= 11 is 0. The molecule has 0 atom stereocenters. The van der Waals surface area contributed by atoms with Gasteiger partial charge in [0.1, 0.15) is 12.9 Å². The Morgan fingerprint density at radius 3 is 2.10 bits per heavy atom. The van der Waals surface area contributed by atoms with E-state index in [0.29, 0.717) is 17.8 Å². The molecule has 48 heavy (non-hydrogen) atoms. The molecular formula is C42H38N4O2. The Labute approximate surface area is 281 Å². The molecule has 6 heteroatoms. The summed E-state index contributed by atoms with van der Waals surface area (Å²) in [4.78, 5) is 8.26. The minimum absolute atomic E-state index is 0.192. The average molecular weight is 631 g/mol. The number of benzene rings is 5. The minimum atomic E-state index is -0.192. The number of aliphatic hydroxyl groups is 1. The van der Waals surface area contributed by atoms with Gasteiger partial charge < -0.3 is 21.0 Å². The van der Waals surface area contributed by atoms with Crippen LogP contribution in [0, 0.1) is 5.41 Å². The van der Waals surface area contributed by atoms with Crippen LogP contribution >= 0.6 is 0 Å². The van der Waals surface area contributed by atoms with Crippen molar-refractivity contribution in [1.29, 1.82) is 5.41 Å². The van der Waals surface area contributed by atoms with E-state index in [4.69, 9.17) is 10.1 Å². The number of ether oxygens (including phenoxy) is 1. The highest BCUT2D eigenvalue weighted by Gasteiger charge is 2.19. The summed E-state index contributed by atoms with van der Waals surface area (Å²) < 4.78 is 5.62. The molecule has 6 rings (SSSR count). The normalized spacial score (nSPS) is 11.3. The van der Waals surface area contributed by atoms with Crippen LogP contribution in [0.3, 0.4) is 0 Å². The topological polar surface area (TPSA) is 105 Å². The third-order valence-electron chi connectivity index (χ3n) is 7.95. The molecule has 0 unspecified atom stereocenters. The summed E-state index contributed by atoms with van der Waals surface area (Å²) in [5.74, 6) is 0. The van der Waals surface area contributed by atoms with Gasteiger partial charge in [-0.05, 0) is 92.5 Å². The summed E-state index contributed by atoms with van der Waals surface area (Å²) in [6, 6.07) is 35.8. The van der Waals surface area contributed by atoms with Crippen LogP contribution in [0.5, 0.6) is 0 Å². The van der Waals surface area contributed by atoms with Crippen molar-refractivity contribution >= 4 is 40.1 Å². The molecule has 0 aliphatic heterocycles. The van der Waals surface area contributed by atoms with E-state index in [9.17, 15) is 5.11 Å². The third-order valence-corrected chi connectivity index (χ3v) is 7.95. The van der Waals surface area contributed by atoms with E-state index in [2.05, 4.69) is 102 Å². The van der Waals surface area contributed by atoms with Gasteiger partial charge in [-0.3, -0.25) is 9.98 Å². The Hall–Kier alpha value is -5.95. The summed E-state index contributed by atoms with van der Waals surface area (Å²) in [5, 5.41) is 22.3. The first kappa shape index (κ1) is 33.4. The van der Waals surface area contributed by atoms with Crippen molar-refractivity contribution < 1.29 is 9.84 Å². The number of nitrogens with one attached hydrogen (secondary N) is 1. The smallest absolute Gasteiger partial charge is 0.114 e. The molecule has 238 valence electrons. The fourth-order valence-electron chi connectivity index (χ4n) is 5.85. The van der Waals surface area contributed by atoms with Crippen LogP contribution in [-0.2, 0) is 11.3 Å². The molecule has 1 heterocycles. The van der Waals surface area contributed by atoms with Crippen molar-refractivity contribution in [3.8, 4) is 33.4 Å². The lowest BCUT2D eigenvalue weighted by Gasteiger charge is -2.19. The van der Waals surface area contributed by atoms with Gasteiger partial charge in [0.15, 0.2) is 0 Å². The number of fused-ring (bicyclic) bond motifs is 2. The van der Waals surface area contributed by atoms with Crippen molar-refractivity contribution in [1.82, 2.24) is 4.98 Å². The molecule has 0 fully saturated rings. The van der Waals surface area contributed by atoms with Gasteiger partial charge in [-0.1, -0.05) is 97.6 Å². The number of hydrogen-bond acceptors (Lipinski definition) is 6. The monoisotopic (exact) mass is 630 g/mol.